The highest BCUT2D eigenvalue weighted by atomic mass is 16.1. The maximum Gasteiger partial charge on any atom is 0.274 e. The van der Waals surface area contributed by atoms with Gasteiger partial charge in [0, 0.05) is 17.4 Å². The van der Waals surface area contributed by atoms with Gasteiger partial charge in [-0.1, -0.05) is 43.3 Å². The molecule has 26 heavy (non-hydrogen) atoms. The first-order valence-corrected chi connectivity index (χ1v) is 8.64. The number of amides is 1. The summed E-state index contributed by atoms with van der Waals surface area (Å²) in [5.74, 6) is 0.890. The Labute approximate surface area is 153 Å². The van der Waals surface area contributed by atoms with Gasteiger partial charge in [0.15, 0.2) is 0 Å². The maximum absolute atomic E-state index is 12.8. The van der Waals surface area contributed by atoms with E-state index in [0.29, 0.717) is 17.3 Å². The van der Waals surface area contributed by atoms with Gasteiger partial charge in [-0.25, -0.2) is 9.97 Å². The van der Waals surface area contributed by atoms with Crippen LogP contribution in [0.4, 0.5) is 17.2 Å². The molecular weight excluding hydrogens is 324 g/mol. The summed E-state index contributed by atoms with van der Waals surface area (Å²) in [5, 5.41) is 6.21. The molecule has 2 N–H and O–H groups in total. The van der Waals surface area contributed by atoms with Crippen LogP contribution in [-0.2, 0) is 6.42 Å². The van der Waals surface area contributed by atoms with Crippen molar-refractivity contribution >= 4 is 23.1 Å². The van der Waals surface area contributed by atoms with Crippen LogP contribution in [-0.4, -0.2) is 15.9 Å². The highest BCUT2D eigenvalue weighted by molar-refractivity contribution is 6.04. The van der Waals surface area contributed by atoms with Gasteiger partial charge in [0.25, 0.3) is 5.91 Å². The van der Waals surface area contributed by atoms with Gasteiger partial charge in [0.1, 0.15) is 17.3 Å². The van der Waals surface area contributed by atoms with Gasteiger partial charge in [-0.05, 0) is 43.5 Å². The van der Waals surface area contributed by atoms with E-state index in [1.54, 1.807) is 13.0 Å². The van der Waals surface area contributed by atoms with Crippen molar-refractivity contribution in [2.45, 2.75) is 27.2 Å². The van der Waals surface area contributed by atoms with Crippen LogP contribution in [0.5, 0.6) is 0 Å². The van der Waals surface area contributed by atoms with Crippen LogP contribution in [0.15, 0.2) is 54.6 Å². The van der Waals surface area contributed by atoms with Gasteiger partial charge in [-0.2, -0.15) is 0 Å². The van der Waals surface area contributed by atoms with Crippen molar-refractivity contribution in [3.63, 3.8) is 0 Å². The first kappa shape index (κ1) is 17.6. The lowest BCUT2D eigenvalue weighted by Gasteiger charge is -2.13. The third-order valence-electron chi connectivity index (χ3n) is 4.10. The van der Waals surface area contributed by atoms with E-state index < -0.39 is 0 Å². The molecule has 0 saturated carbocycles. The molecule has 0 saturated heterocycles. The lowest BCUT2D eigenvalue weighted by atomic mass is 10.1. The minimum atomic E-state index is -0.240. The molecule has 0 spiro atoms. The number of aryl methyl sites for hydroxylation is 3. The number of anilines is 3. The smallest absolute Gasteiger partial charge is 0.274 e. The molecule has 1 amide bonds. The number of benzene rings is 2. The third-order valence-corrected chi connectivity index (χ3v) is 4.10. The molecule has 0 aliphatic heterocycles. The molecule has 3 rings (SSSR count). The fourth-order valence-electron chi connectivity index (χ4n) is 2.80. The first-order valence-electron chi connectivity index (χ1n) is 8.64. The minimum Gasteiger partial charge on any atom is -0.340 e. The Bertz CT molecular complexity index is 923. The molecular formula is C21H22N4O. The Morgan fingerprint density at radius 2 is 1.77 bits per heavy atom. The third kappa shape index (κ3) is 4.06. The molecule has 1 heterocycles. The highest BCUT2D eigenvalue weighted by Crippen LogP contribution is 2.22. The van der Waals surface area contributed by atoms with Gasteiger partial charge in [-0.15, -0.1) is 0 Å². The van der Waals surface area contributed by atoms with Gasteiger partial charge in [-0.3, -0.25) is 4.79 Å². The molecule has 5 heteroatoms. The number of nitrogens with zero attached hydrogens (tertiary/aromatic N) is 2. The topological polar surface area (TPSA) is 66.9 Å². The Morgan fingerprint density at radius 1 is 1.00 bits per heavy atom. The van der Waals surface area contributed by atoms with Crippen LogP contribution in [0, 0.1) is 13.8 Å². The van der Waals surface area contributed by atoms with Crippen molar-refractivity contribution in [2.75, 3.05) is 10.6 Å². The molecule has 0 unspecified atom stereocenters. The zero-order valence-electron chi connectivity index (χ0n) is 15.2. The molecule has 0 aliphatic carbocycles. The zero-order chi connectivity index (χ0) is 18.5. The summed E-state index contributed by atoms with van der Waals surface area (Å²) >= 11 is 0. The number of para-hydroxylation sites is 2. The molecule has 0 fully saturated rings. The van der Waals surface area contributed by atoms with E-state index in [9.17, 15) is 4.79 Å². The van der Waals surface area contributed by atoms with Crippen LogP contribution in [0.1, 0.15) is 34.4 Å². The second kappa shape index (κ2) is 7.78. The maximum atomic E-state index is 12.8. The molecule has 0 bridgehead atoms. The van der Waals surface area contributed by atoms with E-state index in [4.69, 9.17) is 0 Å². The van der Waals surface area contributed by atoms with Crippen molar-refractivity contribution in [2.24, 2.45) is 0 Å². The molecule has 0 aliphatic rings. The summed E-state index contributed by atoms with van der Waals surface area (Å²) in [6.45, 7) is 5.84. The van der Waals surface area contributed by atoms with Gasteiger partial charge < -0.3 is 10.6 Å². The second-order valence-electron chi connectivity index (χ2n) is 6.09. The van der Waals surface area contributed by atoms with Crippen LogP contribution in [0.3, 0.4) is 0 Å². The predicted molar refractivity (Wildman–Crippen MR) is 105 cm³/mol. The second-order valence-corrected chi connectivity index (χ2v) is 6.09. The van der Waals surface area contributed by atoms with Crippen LogP contribution in [0.25, 0.3) is 0 Å². The van der Waals surface area contributed by atoms with Crippen LogP contribution >= 0.6 is 0 Å². The number of carbonyl (C=O) groups is 1. The largest absolute Gasteiger partial charge is 0.340 e. The van der Waals surface area contributed by atoms with Crippen molar-refractivity contribution in [1.29, 1.82) is 0 Å². The summed E-state index contributed by atoms with van der Waals surface area (Å²) in [6.07, 6.45) is 0.848. The van der Waals surface area contributed by atoms with E-state index in [1.807, 2.05) is 55.5 Å². The monoisotopic (exact) mass is 346 g/mol. The Morgan fingerprint density at radius 3 is 2.50 bits per heavy atom. The molecule has 3 aromatic rings. The molecule has 0 atom stereocenters. The standard InChI is InChI=1S/C21H22N4O/c1-4-16-10-8-9-14(2)20(16)25-21(26)18-13-19(23-15(3)22-18)24-17-11-6-5-7-12-17/h5-13H,4H2,1-3H3,(H,25,26)(H,22,23,24). The fraction of sp³-hybridized carbons (Fsp3) is 0.190. The van der Waals surface area contributed by atoms with Crippen LogP contribution < -0.4 is 10.6 Å². The summed E-state index contributed by atoms with van der Waals surface area (Å²) in [5.41, 5.74) is 4.23. The van der Waals surface area contributed by atoms with Gasteiger partial charge >= 0.3 is 0 Å². The predicted octanol–water partition coefficient (Wildman–Crippen LogP) is 4.65. The van der Waals surface area contributed by atoms with Gasteiger partial charge in [0.2, 0.25) is 0 Å². The summed E-state index contributed by atoms with van der Waals surface area (Å²) in [4.78, 5) is 21.4. The lowest BCUT2D eigenvalue weighted by molar-refractivity contribution is 0.102. The highest BCUT2D eigenvalue weighted by Gasteiger charge is 2.14. The molecule has 5 nitrogen and oxygen atoms in total. The van der Waals surface area contributed by atoms with E-state index in [-0.39, 0.29) is 5.91 Å². The minimum absolute atomic E-state index is 0.240. The van der Waals surface area contributed by atoms with E-state index in [1.165, 1.54) is 0 Å². The first-order chi connectivity index (χ1) is 12.6. The Kier molecular flexibility index (Phi) is 5.27. The van der Waals surface area contributed by atoms with Crippen molar-refractivity contribution in [1.82, 2.24) is 9.97 Å². The van der Waals surface area contributed by atoms with Gasteiger partial charge in [0.05, 0.1) is 0 Å². The molecule has 2 aromatic carbocycles. The van der Waals surface area contributed by atoms with E-state index in [2.05, 4.69) is 27.5 Å². The Hall–Kier alpha value is -3.21. The lowest BCUT2D eigenvalue weighted by Crippen LogP contribution is -2.17. The molecule has 1 aromatic heterocycles. The van der Waals surface area contributed by atoms with Crippen molar-refractivity contribution in [3.8, 4) is 0 Å². The normalized spacial score (nSPS) is 10.4. The molecule has 132 valence electrons. The zero-order valence-corrected chi connectivity index (χ0v) is 15.2. The molecule has 0 radical (unpaired) electrons. The Balaban J connectivity index is 1.86. The number of rotatable bonds is 5. The average molecular weight is 346 g/mol. The summed E-state index contributed by atoms with van der Waals surface area (Å²) in [6, 6.07) is 17.4. The number of aromatic nitrogens is 2. The summed E-state index contributed by atoms with van der Waals surface area (Å²) in [7, 11) is 0. The SMILES string of the molecule is CCc1cccc(C)c1NC(=O)c1cc(Nc2ccccc2)nc(C)n1. The number of hydrogen-bond donors (Lipinski definition) is 2. The number of hydrogen-bond acceptors (Lipinski definition) is 4. The number of nitrogens with one attached hydrogen (secondary N) is 2. The van der Waals surface area contributed by atoms with Crippen LogP contribution in [0.2, 0.25) is 0 Å². The number of carbonyl (C=O) groups excluding carboxylic acids is 1. The fourth-order valence-corrected chi connectivity index (χ4v) is 2.80. The summed E-state index contributed by atoms with van der Waals surface area (Å²) < 4.78 is 0. The van der Waals surface area contributed by atoms with Crippen molar-refractivity contribution < 1.29 is 4.79 Å². The van der Waals surface area contributed by atoms with E-state index in [0.717, 1.165) is 28.9 Å². The average Bonchev–Trinajstić information content (AvgIpc) is 2.63. The van der Waals surface area contributed by atoms with Crippen molar-refractivity contribution in [3.05, 3.63) is 77.2 Å². The quantitative estimate of drug-likeness (QED) is 0.705. The van der Waals surface area contributed by atoms with E-state index >= 15 is 0 Å².